The van der Waals surface area contributed by atoms with Crippen molar-refractivity contribution in [3.63, 3.8) is 0 Å². The van der Waals surface area contributed by atoms with Gasteiger partial charge in [-0.25, -0.2) is 0 Å². The minimum atomic E-state index is -0.0121. The van der Waals surface area contributed by atoms with E-state index in [2.05, 4.69) is 40.3 Å². The van der Waals surface area contributed by atoms with Crippen LogP contribution in [0, 0.1) is 13.8 Å². The number of hydrogen-bond donors (Lipinski definition) is 2. The number of thiophene rings is 2. The fourth-order valence-corrected chi connectivity index (χ4v) is 4.91. The molecule has 0 spiro atoms. The molecule has 6 heteroatoms. The van der Waals surface area contributed by atoms with Crippen LogP contribution in [0.4, 0.5) is 5.69 Å². The molecule has 0 bridgehead atoms. The predicted molar refractivity (Wildman–Crippen MR) is 111 cm³/mol. The minimum Gasteiger partial charge on any atom is -0.320 e. The molecule has 0 fully saturated rings. The minimum absolute atomic E-state index is 0.0121. The fraction of sp³-hybridized carbons (Fsp3) is 0.250. The van der Waals surface area contributed by atoms with Gasteiger partial charge in [0.1, 0.15) is 13.1 Å². The highest BCUT2D eigenvalue weighted by Gasteiger charge is 2.18. The highest BCUT2D eigenvalue weighted by Crippen LogP contribution is 2.27. The van der Waals surface area contributed by atoms with Crippen LogP contribution in [-0.4, -0.2) is 12.5 Å². The first-order valence-electron chi connectivity index (χ1n) is 8.46. The van der Waals surface area contributed by atoms with E-state index in [9.17, 15) is 4.79 Å². The van der Waals surface area contributed by atoms with Crippen molar-refractivity contribution in [1.29, 1.82) is 0 Å². The van der Waals surface area contributed by atoms with Gasteiger partial charge in [-0.2, -0.15) is 0 Å². The quantitative estimate of drug-likeness (QED) is 0.603. The monoisotopic (exact) mass is 405 g/mol. The summed E-state index contributed by atoms with van der Waals surface area (Å²) in [5, 5.41) is 7.76. The maximum absolute atomic E-state index is 12.7. The van der Waals surface area contributed by atoms with E-state index in [4.69, 9.17) is 11.6 Å². The van der Waals surface area contributed by atoms with Gasteiger partial charge in [0, 0.05) is 0 Å². The van der Waals surface area contributed by atoms with E-state index in [-0.39, 0.29) is 5.91 Å². The largest absolute Gasteiger partial charge is 0.320 e. The summed E-state index contributed by atoms with van der Waals surface area (Å²) in [6, 6.07) is 12.3. The van der Waals surface area contributed by atoms with Gasteiger partial charge in [0.25, 0.3) is 5.91 Å². The van der Waals surface area contributed by atoms with Crippen molar-refractivity contribution in [3.05, 3.63) is 73.1 Å². The lowest BCUT2D eigenvalue weighted by molar-refractivity contribution is -0.918. The molecule has 3 rings (SSSR count). The van der Waals surface area contributed by atoms with Crippen LogP contribution in [0.15, 0.2) is 47.2 Å². The summed E-state index contributed by atoms with van der Waals surface area (Å²) in [5.41, 5.74) is 2.79. The van der Waals surface area contributed by atoms with Gasteiger partial charge in [-0.15, -0.1) is 22.7 Å². The molecule has 0 aliphatic heterocycles. The molecule has 0 aliphatic carbocycles. The van der Waals surface area contributed by atoms with Crippen molar-refractivity contribution >= 4 is 45.9 Å². The average molecular weight is 406 g/mol. The third kappa shape index (κ3) is 5.17. The maximum Gasteiger partial charge on any atom is 0.279 e. The summed E-state index contributed by atoms with van der Waals surface area (Å²) in [5.74, 6) is -0.0121. The Morgan fingerprint density at radius 2 is 1.69 bits per heavy atom. The van der Waals surface area contributed by atoms with Crippen LogP contribution in [0.1, 0.15) is 20.9 Å². The summed E-state index contributed by atoms with van der Waals surface area (Å²) in [4.78, 5) is 16.5. The number of hydrogen-bond acceptors (Lipinski definition) is 3. The van der Waals surface area contributed by atoms with Crippen molar-refractivity contribution in [1.82, 2.24) is 0 Å². The van der Waals surface area contributed by atoms with Gasteiger partial charge in [-0.1, -0.05) is 29.8 Å². The molecule has 2 N–H and O–H groups in total. The van der Waals surface area contributed by atoms with Gasteiger partial charge in [-0.05, 0) is 53.9 Å². The number of aryl methyl sites for hydroxylation is 2. The number of halogens is 1. The number of carbonyl (C=O) groups excluding carboxylic acids is 1. The molecule has 3 aromatic rings. The van der Waals surface area contributed by atoms with E-state index in [0.29, 0.717) is 17.3 Å². The summed E-state index contributed by atoms with van der Waals surface area (Å²) in [6.07, 6.45) is 0. The van der Waals surface area contributed by atoms with Gasteiger partial charge in [0.2, 0.25) is 0 Å². The van der Waals surface area contributed by atoms with E-state index < -0.39 is 0 Å². The molecule has 0 saturated carbocycles. The average Bonchev–Trinajstić information content (AvgIpc) is 3.24. The zero-order chi connectivity index (χ0) is 18.5. The molecule has 26 heavy (non-hydrogen) atoms. The molecule has 136 valence electrons. The Kier molecular flexibility index (Phi) is 6.48. The van der Waals surface area contributed by atoms with Crippen molar-refractivity contribution in [3.8, 4) is 0 Å². The normalized spacial score (nSPS) is 11.1. The van der Waals surface area contributed by atoms with Crippen molar-refractivity contribution in [2.24, 2.45) is 0 Å². The van der Waals surface area contributed by atoms with Crippen LogP contribution >= 0.6 is 34.3 Å². The number of amides is 1. The topological polar surface area (TPSA) is 33.5 Å². The number of nitrogens with one attached hydrogen (secondary N) is 2. The van der Waals surface area contributed by atoms with Crippen molar-refractivity contribution in [2.75, 3.05) is 11.9 Å². The predicted octanol–water partition coefficient (Wildman–Crippen LogP) is 4.30. The smallest absolute Gasteiger partial charge is 0.279 e. The lowest BCUT2D eigenvalue weighted by atomic mass is 10.1. The number of anilines is 1. The summed E-state index contributed by atoms with van der Waals surface area (Å²) >= 11 is 9.79. The van der Waals surface area contributed by atoms with Crippen LogP contribution < -0.4 is 10.2 Å². The third-order valence-corrected chi connectivity index (χ3v) is 6.17. The number of rotatable bonds is 7. The highest BCUT2D eigenvalue weighted by atomic mass is 35.5. The van der Waals surface area contributed by atoms with Crippen LogP contribution in [-0.2, 0) is 17.9 Å². The second-order valence-electron chi connectivity index (χ2n) is 6.43. The first kappa shape index (κ1) is 19.1. The molecule has 1 amide bonds. The summed E-state index contributed by atoms with van der Waals surface area (Å²) in [6.45, 7) is 6.04. The van der Waals surface area contributed by atoms with E-state index >= 15 is 0 Å². The molecular weight excluding hydrogens is 384 g/mol. The lowest BCUT2D eigenvalue weighted by Crippen LogP contribution is -3.10. The third-order valence-electron chi connectivity index (χ3n) is 4.12. The Bertz CT molecular complexity index is 801. The van der Waals surface area contributed by atoms with Crippen LogP contribution in [0.3, 0.4) is 0 Å². The Hall–Kier alpha value is -1.66. The van der Waals surface area contributed by atoms with Gasteiger partial charge in [-0.3, -0.25) is 4.79 Å². The Morgan fingerprint density at radius 1 is 1.08 bits per heavy atom. The van der Waals surface area contributed by atoms with E-state index in [1.165, 1.54) is 14.7 Å². The van der Waals surface area contributed by atoms with E-state index in [1.807, 2.05) is 26.0 Å². The SMILES string of the molecule is Cc1cc(C)c(NC(=O)C[NH+](Cc2cccs2)Cc2cccs2)c(Cl)c1. The molecule has 0 radical (unpaired) electrons. The summed E-state index contributed by atoms with van der Waals surface area (Å²) < 4.78 is 0. The first-order valence-corrected chi connectivity index (χ1v) is 10.6. The molecule has 0 unspecified atom stereocenters. The Labute approximate surface area is 167 Å². The molecule has 0 saturated heterocycles. The standard InChI is InChI=1S/C20H21ClN2OS2/c1-14-9-15(2)20(18(21)10-14)22-19(24)13-23(11-16-5-3-7-25-16)12-17-6-4-8-26-17/h3-10H,11-13H2,1-2H3,(H,22,24)/p+1. The summed E-state index contributed by atoms with van der Waals surface area (Å²) in [7, 11) is 0. The second-order valence-corrected chi connectivity index (χ2v) is 8.90. The lowest BCUT2D eigenvalue weighted by Gasteiger charge is -2.19. The molecule has 0 atom stereocenters. The molecule has 2 aromatic heterocycles. The van der Waals surface area contributed by atoms with Gasteiger partial charge in [0.05, 0.1) is 20.5 Å². The molecule has 2 heterocycles. The van der Waals surface area contributed by atoms with Gasteiger partial charge >= 0.3 is 0 Å². The second kappa shape index (κ2) is 8.82. The van der Waals surface area contributed by atoms with Crippen LogP contribution in [0.5, 0.6) is 0 Å². The van der Waals surface area contributed by atoms with E-state index in [0.717, 1.165) is 24.2 Å². The maximum atomic E-state index is 12.7. The highest BCUT2D eigenvalue weighted by molar-refractivity contribution is 7.10. The van der Waals surface area contributed by atoms with Gasteiger partial charge in [0.15, 0.2) is 6.54 Å². The Balaban J connectivity index is 1.70. The number of quaternary nitrogens is 1. The van der Waals surface area contributed by atoms with Crippen LogP contribution in [0.25, 0.3) is 0 Å². The zero-order valence-electron chi connectivity index (χ0n) is 14.8. The molecular formula is C20H22ClN2OS2+. The van der Waals surface area contributed by atoms with Crippen LogP contribution in [0.2, 0.25) is 5.02 Å². The number of carbonyl (C=O) groups is 1. The molecule has 1 aromatic carbocycles. The first-order chi connectivity index (χ1) is 12.5. The fourth-order valence-electron chi connectivity index (χ4n) is 2.99. The Morgan fingerprint density at radius 3 is 2.19 bits per heavy atom. The molecule has 3 nitrogen and oxygen atoms in total. The van der Waals surface area contributed by atoms with Gasteiger partial charge < -0.3 is 10.2 Å². The molecule has 0 aliphatic rings. The zero-order valence-corrected chi connectivity index (χ0v) is 17.2. The van der Waals surface area contributed by atoms with Crippen molar-refractivity contribution in [2.45, 2.75) is 26.9 Å². The van der Waals surface area contributed by atoms with E-state index in [1.54, 1.807) is 22.7 Å². The number of benzene rings is 1. The van der Waals surface area contributed by atoms with Crippen molar-refractivity contribution < 1.29 is 9.69 Å².